The highest BCUT2D eigenvalue weighted by molar-refractivity contribution is 6.07. The van der Waals surface area contributed by atoms with Crippen LogP contribution in [0.3, 0.4) is 0 Å². The molecule has 0 aliphatic carbocycles. The van der Waals surface area contributed by atoms with Gasteiger partial charge in [-0.15, -0.1) is 0 Å². The van der Waals surface area contributed by atoms with Gasteiger partial charge in [0, 0.05) is 49.1 Å². The molecule has 176 valence electrons. The molecule has 1 amide bonds. The molecule has 6 nitrogen and oxygen atoms in total. The highest BCUT2D eigenvalue weighted by Gasteiger charge is 2.18. The molecule has 1 N–H and O–H groups in total. The van der Waals surface area contributed by atoms with Crippen molar-refractivity contribution in [2.75, 3.05) is 20.2 Å². The summed E-state index contributed by atoms with van der Waals surface area (Å²) in [5.74, 6) is 0.475. The van der Waals surface area contributed by atoms with E-state index in [4.69, 9.17) is 9.72 Å². The van der Waals surface area contributed by atoms with E-state index in [1.54, 1.807) is 7.11 Å². The van der Waals surface area contributed by atoms with E-state index >= 15 is 0 Å². The van der Waals surface area contributed by atoms with Gasteiger partial charge in [-0.05, 0) is 29.8 Å². The van der Waals surface area contributed by atoms with Crippen molar-refractivity contribution in [1.82, 2.24) is 15.3 Å². The average molecular weight is 465 g/mol. The lowest BCUT2D eigenvalue weighted by Crippen LogP contribution is -2.34. The first-order valence-corrected chi connectivity index (χ1v) is 11.9. The number of amides is 1. The molecule has 5 rings (SSSR count). The maximum Gasteiger partial charge on any atom is 0.272 e. The van der Waals surface area contributed by atoms with Gasteiger partial charge in [0.15, 0.2) is 0 Å². The molecule has 1 fully saturated rings. The summed E-state index contributed by atoms with van der Waals surface area (Å²) in [6, 6.07) is 27.7. The molecule has 0 unspecified atom stereocenters. The van der Waals surface area contributed by atoms with E-state index in [9.17, 15) is 4.79 Å². The van der Waals surface area contributed by atoms with E-state index in [-0.39, 0.29) is 5.91 Å². The predicted octanol–water partition coefficient (Wildman–Crippen LogP) is 5.29. The van der Waals surface area contributed by atoms with Crippen molar-refractivity contribution in [3.63, 3.8) is 0 Å². The Bertz CT molecular complexity index is 1360. The van der Waals surface area contributed by atoms with Gasteiger partial charge in [0.05, 0.1) is 23.9 Å². The lowest BCUT2D eigenvalue weighted by molar-refractivity contribution is 0.0956. The van der Waals surface area contributed by atoms with Crippen molar-refractivity contribution in [2.24, 2.45) is 5.10 Å². The van der Waals surface area contributed by atoms with Gasteiger partial charge in [0.2, 0.25) is 0 Å². The second-order valence-electron chi connectivity index (χ2n) is 8.65. The van der Waals surface area contributed by atoms with Gasteiger partial charge < -0.3 is 4.74 Å². The Balaban J connectivity index is 1.33. The SMILES string of the molecule is COc1ccccc1-c1cc(C(=O)NN=C2CCN(Cc3ccccc3)CC2)c2ccccc2n1. The molecule has 0 atom stereocenters. The van der Waals surface area contributed by atoms with Crippen LogP contribution in [0.2, 0.25) is 0 Å². The predicted molar refractivity (Wildman–Crippen MR) is 140 cm³/mol. The molecule has 6 heteroatoms. The summed E-state index contributed by atoms with van der Waals surface area (Å²) in [5.41, 5.74) is 7.96. The minimum Gasteiger partial charge on any atom is -0.496 e. The van der Waals surface area contributed by atoms with Crippen LogP contribution < -0.4 is 10.2 Å². The number of hydrogen-bond acceptors (Lipinski definition) is 5. The van der Waals surface area contributed by atoms with Gasteiger partial charge in [0.1, 0.15) is 5.75 Å². The molecule has 1 aliphatic heterocycles. The van der Waals surface area contributed by atoms with Gasteiger partial charge >= 0.3 is 0 Å². The van der Waals surface area contributed by atoms with Crippen LogP contribution in [-0.2, 0) is 6.54 Å². The highest BCUT2D eigenvalue weighted by atomic mass is 16.5. The lowest BCUT2D eigenvalue weighted by atomic mass is 10.0. The third kappa shape index (κ3) is 5.23. The number of rotatable bonds is 6. The summed E-state index contributed by atoms with van der Waals surface area (Å²) in [6.07, 6.45) is 1.69. The van der Waals surface area contributed by atoms with Crippen LogP contribution in [0.5, 0.6) is 5.75 Å². The Morgan fingerprint density at radius 1 is 0.971 bits per heavy atom. The molecule has 0 bridgehead atoms. The van der Waals surface area contributed by atoms with E-state index < -0.39 is 0 Å². The Hall–Kier alpha value is -4.03. The van der Waals surface area contributed by atoms with Crippen molar-refractivity contribution in [3.05, 3.63) is 96.1 Å². The van der Waals surface area contributed by atoms with Crippen molar-refractivity contribution in [3.8, 4) is 17.0 Å². The number of likely N-dealkylation sites (tertiary alicyclic amines) is 1. The molecule has 0 saturated carbocycles. The lowest BCUT2D eigenvalue weighted by Gasteiger charge is -2.27. The third-order valence-electron chi connectivity index (χ3n) is 6.34. The highest BCUT2D eigenvalue weighted by Crippen LogP contribution is 2.31. The number of carbonyl (C=O) groups excluding carboxylic acids is 1. The Morgan fingerprint density at radius 2 is 1.69 bits per heavy atom. The number of ether oxygens (including phenoxy) is 1. The summed E-state index contributed by atoms with van der Waals surface area (Å²) in [6.45, 7) is 2.80. The van der Waals surface area contributed by atoms with Gasteiger partial charge in [-0.1, -0.05) is 60.7 Å². The second kappa shape index (κ2) is 10.5. The van der Waals surface area contributed by atoms with Gasteiger partial charge in [0.25, 0.3) is 5.91 Å². The van der Waals surface area contributed by atoms with Crippen molar-refractivity contribution < 1.29 is 9.53 Å². The fourth-order valence-electron chi connectivity index (χ4n) is 4.47. The Morgan fingerprint density at radius 3 is 2.49 bits per heavy atom. The monoisotopic (exact) mass is 464 g/mol. The smallest absolute Gasteiger partial charge is 0.272 e. The number of aromatic nitrogens is 1. The molecule has 3 aromatic carbocycles. The van der Waals surface area contributed by atoms with E-state index in [0.29, 0.717) is 17.0 Å². The number of benzene rings is 3. The maximum atomic E-state index is 13.3. The standard InChI is InChI=1S/C29H28N4O2/c1-35-28-14-8-6-12-24(28)27-19-25(23-11-5-7-13-26(23)30-27)29(34)32-31-22-15-17-33(18-16-22)20-21-9-3-2-4-10-21/h2-14,19H,15-18,20H2,1H3,(H,32,34). The zero-order valence-corrected chi connectivity index (χ0v) is 19.8. The van der Waals surface area contributed by atoms with Gasteiger partial charge in [-0.3, -0.25) is 9.69 Å². The number of piperidine rings is 1. The van der Waals surface area contributed by atoms with Crippen LogP contribution in [0, 0.1) is 0 Å². The molecule has 1 saturated heterocycles. The fraction of sp³-hybridized carbons (Fsp3) is 0.207. The molecule has 1 aliphatic rings. The minimum atomic E-state index is -0.237. The number of nitrogens with one attached hydrogen (secondary N) is 1. The van der Waals surface area contributed by atoms with Crippen LogP contribution in [0.25, 0.3) is 22.2 Å². The number of pyridine rings is 1. The van der Waals surface area contributed by atoms with Crippen LogP contribution in [0.15, 0.2) is 90.0 Å². The zero-order chi connectivity index (χ0) is 24.0. The number of nitrogens with zero attached hydrogens (tertiary/aromatic N) is 3. The molecular formula is C29H28N4O2. The summed E-state index contributed by atoms with van der Waals surface area (Å²) in [4.78, 5) is 20.5. The molecule has 0 radical (unpaired) electrons. The van der Waals surface area contributed by atoms with Gasteiger partial charge in [-0.2, -0.15) is 5.10 Å². The topological polar surface area (TPSA) is 66.8 Å². The normalized spacial score (nSPS) is 14.0. The molecule has 0 spiro atoms. The van der Waals surface area contributed by atoms with Crippen LogP contribution >= 0.6 is 0 Å². The summed E-state index contributed by atoms with van der Waals surface area (Å²) < 4.78 is 5.52. The summed E-state index contributed by atoms with van der Waals surface area (Å²) in [7, 11) is 1.63. The van der Waals surface area contributed by atoms with Crippen molar-refractivity contribution >= 4 is 22.5 Å². The molecule has 1 aromatic heterocycles. The minimum absolute atomic E-state index is 0.237. The van der Waals surface area contributed by atoms with Crippen LogP contribution in [0.4, 0.5) is 0 Å². The maximum absolute atomic E-state index is 13.3. The first-order chi connectivity index (χ1) is 17.2. The number of carbonyl (C=O) groups is 1. The fourth-order valence-corrected chi connectivity index (χ4v) is 4.47. The Labute approximate surface area is 205 Å². The number of para-hydroxylation sites is 2. The quantitative estimate of drug-likeness (QED) is 0.394. The first-order valence-electron chi connectivity index (χ1n) is 11.9. The van der Waals surface area contributed by atoms with E-state index in [0.717, 1.165) is 54.7 Å². The zero-order valence-electron chi connectivity index (χ0n) is 19.8. The second-order valence-corrected chi connectivity index (χ2v) is 8.65. The summed E-state index contributed by atoms with van der Waals surface area (Å²) in [5, 5.41) is 5.28. The molecule has 2 heterocycles. The molecule has 35 heavy (non-hydrogen) atoms. The van der Waals surface area contributed by atoms with E-state index in [1.165, 1.54) is 5.56 Å². The number of fused-ring (bicyclic) bond motifs is 1. The van der Waals surface area contributed by atoms with Crippen LogP contribution in [0.1, 0.15) is 28.8 Å². The Kier molecular flexibility index (Phi) is 6.82. The third-order valence-corrected chi connectivity index (χ3v) is 6.34. The van der Waals surface area contributed by atoms with Crippen molar-refractivity contribution in [2.45, 2.75) is 19.4 Å². The number of hydrogen-bond donors (Lipinski definition) is 1. The molecular weight excluding hydrogens is 436 g/mol. The number of hydrazone groups is 1. The molecule has 4 aromatic rings. The van der Waals surface area contributed by atoms with E-state index in [2.05, 4.69) is 39.7 Å². The average Bonchev–Trinajstić information content (AvgIpc) is 2.92. The largest absolute Gasteiger partial charge is 0.496 e. The first kappa shape index (κ1) is 22.7. The summed E-state index contributed by atoms with van der Waals surface area (Å²) >= 11 is 0. The van der Waals surface area contributed by atoms with E-state index in [1.807, 2.05) is 60.7 Å². The van der Waals surface area contributed by atoms with Crippen LogP contribution in [-0.4, -0.2) is 41.7 Å². The number of methoxy groups -OCH3 is 1. The van der Waals surface area contributed by atoms with Crippen molar-refractivity contribution in [1.29, 1.82) is 0 Å². The van der Waals surface area contributed by atoms with Gasteiger partial charge in [-0.25, -0.2) is 10.4 Å².